The molecule has 138 valence electrons. The van der Waals surface area contributed by atoms with Crippen LogP contribution >= 0.6 is 11.6 Å². The molecule has 4 rings (SSSR count). The van der Waals surface area contributed by atoms with Crippen molar-refractivity contribution in [3.05, 3.63) is 69.1 Å². The van der Waals surface area contributed by atoms with Crippen molar-refractivity contribution in [2.24, 2.45) is 0 Å². The number of aromatic amines is 1. The van der Waals surface area contributed by atoms with E-state index >= 15 is 0 Å². The van der Waals surface area contributed by atoms with E-state index in [1.807, 2.05) is 55.8 Å². The fourth-order valence-corrected chi connectivity index (χ4v) is 3.48. The molecule has 0 saturated heterocycles. The van der Waals surface area contributed by atoms with E-state index in [-0.39, 0.29) is 11.6 Å². The van der Waals surface area contributed by atoms with Crippen molar-refractivity contribution in [1.82, 2.24) is 29.4 Å². The number of aryl methyl sites for hydroxylation is 2. The molecule has 27 heavy (non-hydrogen) atoms. The molecule has 0 bridgehead atoms. The molecule has 0 amide bonds. The number of fused-ring (bicyclic) bond motifs is 1. The van der Waals surface area contributed by atoms with Crippen LogP contribution < -0.4 is 5.56 Å². The van der Waals surface area contributed by atoms with Crippen LogP contribution in [-0.4, -0.2) is 29.4 Å². The Morgan fingerprint density at radius 1 is 1.19 bits per heavy atom. The first kappa shape index (κ1) is 17.5. The van der Waals surface area contributed by atoms with Gasteiger partial charge in [0, 0.05) is 29.1 Å². The minimum Gasteiger partial charge on any atom is -0.289 e. The van der Waals surface area contributed by atoms with Gasteiger partial charge in [-0.2, -0.15) is 5.10 Å². The third-order valence-corrected chi connectivity index (χ3v) is 4.70. The van der Waals surface area contributed by atoms with Crippen LogP contribution in [0.3, 0.4) is 0 Å². The molecular weight excluding hydrogens is 364 g/mol. The SMILES string of the molecule is Cc1nc(C)n(C(C)Cc2cc(=O)n3[nH]c(-c4cccc(Cl)c4)cc3n2)n1. The Hall–Kier alpha value is -2.93. The third kappa shape index (κ3) is 3.38. The molecule has 0 aliphatic rings. The molecule has 0 radical (unpaired) electrons. The number of hydrogen-bond donors (Lipinski definition) is 1. The van der Waals surface area contributed by atoms with E-state index in [0.717, 1.165) is 28.6 Å². The largest absolute Gasteiger partial charge is 0.289 e. The first-order valence-corrected chi connectivity index (χ1v) is 9.06. The van der Waals surface area contributed by atoms with Crippen LogP contribution in [0.25, 0.3) is 16.9 Å². The Balaban J connectivity index is 1.69. The quantitative estimate of drug-likeness (QED) is 0.586. The van der Waals surface area contributed by atoms with E-state index in [1.54, 1.807) is 6.07 Å². The van der Waals surface area contributed by atoms with Crippen molar-refractivity contribution in [1.29, 1.82) is 0 Å². The van der Waals surface area contributed by atoms with E-state index in [9.17, 15) is 4.79 Å². The smallest absolute Gasteiger partial charge is 0.272 e. The van der Waals surface area contributed by atoms with Crippen molar-refractivity contribution < 1.29 is 0 Å². The van der Waals surface area contributed by atoms with Crippen molar-refractivity contribution in [2.75, 3.05) is 0 Å². The Labute approximate surface area is 160 Å². The Morgan fingerprint density at radius 3 is 2.70 bits per heavy atom. The zero-order chi connectivity index (χ0) is 19.1. The van der Waals surface area contributed by atoms with Crippen molar-refractivity contribution >= 4 is 17.2 Å². The second kappa shape index (κ2) is 6.66. The van der Waals surface area contributed by atoms with Gasteiger partial charge in [0.25, 0.3) is 5.56 Å². The molecule has 7 nitrogen and oxygen atoms in total. The molecule has 0 fully saturated rings. The molecule has 0 spiro atoms. The van der Waals surface area contributed by atoms with Gasteiger partial charge in [0.1, 0.15) is 11.6 Å². The number of hydrogen-bond acceptors (Lipinski definition) is 4. The number of rotatable bonds is 4. The Bertz CT molecular complexity index is 1190. The standard InChI is InChI=1S/C19H19ClN6O/c1-11(25-13(3)21-12(2)23-25)7-16-9-19(27)26-18(22-16)10-17(24-26)14-5-4-6-15(20)8-14/h4-6,8-11,24H,7H2,1-3H3. The lowest BCUT2D eigenvalue weighted by molar-refractivity contribution is 0.469. The molecule has 3 aromatic heterocycles. The Kier molecular flexibility index (Phi) is 4.31. The minimum absolute atomic E-state index is 0.0480. The highest BCUT2D eigenvalue weighted by Gasteiger charge is 2.14. The minimum atomic E-state index is -0.151. The average Bonchev–Trinajstić information content (AvgIpc) is 3.18. The van der Waals surface area contributed by atoms with Crippen molar-refractivity contribution in [3.8, 4) is 11.3 Å². The maximum atomic E-state index is 12.5. The van der Waals surface area contributed by atoms with Crippen LogP contribution in [0.1, 0.15) is 30.3 Å². The van der Waals surface area contributed by atoms with Gasteiger partial charge in [0.2, 0.25) is 0 Å². The van der Waals surface area contributed by atoms with Gasteiger partial charge >= 0.3 is 0 Å². The molecule has 1 N–H and O–H groups in total. The van der Waals surface area contributed by atoms with Gasteiger partial charge in [-0.05, 0) is 32.9 Å². The van der Waals surface area contributed by atoms with E-state index < -0.39 is 0 Å². The average molecular weight is 383 g/mol. The topological polar surface area (TPSA) is 80.9 Å². The highest BCUT2D eigenvalue weighted by Crippen LogP contribution is 2.22. The second-order valence-electron chi connectivity index (χ2n) is 6.66. The number of nitrogens with one attached hydrogen (secondary N) is 1. The van der Waals surface area contributed by atoms with Gasteiger partial charge in [-0.15, -0.1) is 0 Å². The molecule has 0 aliphatic carbocycles. The van der Waals surface area contributed by atoms with Crippen LogP contribution in [0.5, 0.6) is 0 Å². The molecule has 3 heterocycles. The van der Waals surface area contributed by atoms with Gasteiger partial charge < -0.3 is 0 Å². The summed E-state index contributed by atoms with van der Waals surface area (Å²) in [5.74, 6) is 1.59. The lowest BCUT2D eigenvalue weighted by atomic mass is 10.1. The van der Waals surface area contributed by atoms with Crippen LogP contribution in [0.15, 0.2) is 41.2 Å². The normalized spacial score (nSPS) is 12.6. The van der Waals surface area contributed by atoms with Crippen LogP contribution in [0, 0.1) is 13.8 Å². The summed E-state index contributed by atoms with van der Waals surface area (Å²) in [6, 6.07) is 10.9. The van der Waals surface area contributed by atoms with Gasteiger partial charge in [-0.1, -0.05) is 23.7 Å². The summed E-state index contributed by atoms with van der Waals surface area (Å²) >= 11 is 6.07. The molecule has 1 atom stereocenters. The van der Waals surface area contributed by atoms with E-state index in [4.69, 9.17) is 11.6 Å². The summed E-state index contributed by atoms with van der Waals surface area (Å²) in [6.45, 7) is 5.83. The highest BCUT2D eigenvalue weighted by molar-refractivity contribution is 6.30. The molecule has 1 unspecified atom stereocenters. The first-order chi connectivity index (χ1) is 12.9. The van der Waals surface area contributed by atoms with Gasteiger partial charge in [0.05, 0.1) is 17.4 Å². The molecule has 1 aromatic carbocycles. The number of H-pyrrole nitrogens is 1. The van der Waals surface area contributed by atoms with Crippen LogP contribution in [-0.2, 0) is 6.42 Å². The summed E-state index contributed by atoms with van der Waals surface area (Å²) in [4.78, 5) is 21.5. The number of halogens is 1. The van der Waals surface area contributed by atoms with Crippen LogP contribution in [0.2, 0.25) is 5.02 Å². The summed E-state index contributed by atoms with van der Waals surface area (Å²) in [7, 11) is 0. The van der Waals surface area contributed by atoms with Gasteiger partial charge in [-0.3, -0.25) is 9.89 Å². The summed E-state index contributed by atoms with van der Waals surface area (Å²) in [5, 5.41) is 8.14. The summed E-state index contributed by atoms with van der Waals surface area (Å²) in [6.07, 6.45) is 0.590. The van der Waals surface area contributed by atoms with Crippen molar-refractivity contribution in [2.45, 2.75) is 33.2 Å². The maximum Gasteiger partial charge on any atom is 0.272 e. The second-order valence-corrected chi connectivity index (χ2v) is 7.10. The summed E-state index contributed by atoms with van der Waals surface area (Å²) in [5.41, 5.74) is 2.83. The molecule has 0 saturated carbocycles. The maximum absolute atomic E-state index is 12.5. The zero-order valence-electron chi connectivity index (χ0n) is 15.3. The first-order valence-electron chi connectivity index (χ1n) is 8.68. The Morgan fingerprint density at radius 2 is 2.00 bits per heavy atom. The van der Waals surface area contributed by atoms with E-state index in [2.05, 4.69) is 20.2 Å². The van der Waals surface area contributed by atoms with Gasteiger partial charge in [-0.25, -0.2) is 19.2 Å². The predicted octanol–water partition coefficient (Wildman–Crippen LogP) is 3.36. The monoisotopic (exact) mass is 382 g/mol. The fraction of sp³-hybridized carbons (Fsp3) is 0.263. The molecule has 8 heteroatoms. The fourth-order valence-electron chi connectivity index (χ4n) is 3.29. The summed E-state index contributed by atoms with van der Waals surface area (Å²) < 4.78 is 3.31. The predicted molar refractivity (Wildman–Crippen MR) is 104 cm³/mol. The molecule has 4 aromatic rings. The molecule has 0 aliphatic heterocycles. The van der Waals surface area contributed by atoms with E-state index in [1.165, 1.54) is 4.52 Å². The zero-order valence-corrected chi connectivity index (χ0v) is 16.0. The highest BCUT2D eigenvalue weighted by atomic mass is 35.5. The number of benzene rings is 1. The third-order valence-electron chi connectivity index (χ3n) is 4.47. The van der Waals surface area contributed by atoms with E-state index in [0.29, 0.717) is 17.1 Å². The van der Waals surface area contributed by atoms with Gasteiger partial charge in [0.15, 0.2) is 5.65 Å². The number of aromatic nitrogens is 6. The van der Waals surface area contributed by atoms with Crippen molar-refractivity contribution in [3.63, 3.8) is 0 Å². The number of nitrogens with zero attached hydrogens (tertiary/aromatic N) is 5. The van der Waals surface area contributed by atoms with Crippen LogP contribution in [0.4, 0.5) is 0 Å². The lowest BCUT2D eigenvalue weighted by Crippen LogP contribution is -2.18. The molecular formula is C19H19ClN6O. The lowest BCUT2D eigenvalue weighted by Gasteiger charge is -2.12.